The molecule has 0 aliphatic heterocycles. The lowest BCUT2D eigenvalue weighted by Gasteiger charge is -2.38. The van der Waals surface area contributed by atoms with Crippen molar-refractivity contribution in [1.29, 1.82) is 0 Å². The molecule has 0 N–H and O–H groups in total. The van der Waals surface area contributed by atoms with Crippen LogP contribution < -0.4 is 0 Å². The fourth-order valence-corrected chi connectivity index (χ4v) is 20.1. The summed E-state index contributed by atoms with van der Waals surface area (Å²) in [7, 11) is 0. The van der Waals surface area contributed by atoms with Gasteiger partial charge in [-0.05, 0) is 320 Å². The lowest BCUT2D eigenvalue weighted by Crippen LogP contribution is -2.25. The zero-order valence-electron chi connectivity index (χ0n) is 57.7. The highest BCUT2D eigenvalue weighted by molar-refractivity contribution is 5.24. The zero-order chi connectivity index (χ0) is 62.9. The molecule has 0 saturated heterocycles. The van der Waals surface area contributed by atoms with Crippen molar-refractivity contribution in [3.8, 4) is 0 Å². The number of halogens is 4. The summed E-state index contributed by atoms with van der Waals surface area (Å²) < 4.78 is 52.2. The molecule has 0 nitrogen and oxygen atoms in total. The molecule has 0 heterocycles. The highest BCUT2D eigenvalue weighted by Gasteiger charge is 2.35. The van der Waals surface area contributed by atoms with Crippen molar-refractivity contribution in [3.05, 3.63) is 143 Å². The van der Waals surface area contributed by atoms with Gasteiger partial charge in [-0.2, -0.15) is 0 Å². The first-order valence-electron chi connectivity index (χ1n) is 39.1. The van der Waals surface area contributed by atoms with Crippen LogP contribution in [0.25, 0.3) is 0 Å². The number of hydrogen-bond acceptors (Lipinski definition) is 0. The summed E-state index contributed by atoms with van der Waals surface area (Å²) in [4.78, 5) is 0. The Morgan fingerprint density at radius 3 is 0.656 bits per heavy atom. The van der Waals surface area contributed by atoms with Crippen molar-refractivity contribution in [3.63, 3.8) is 0 Å². The minimum atomic E-state index is -0.111. The second kappa shape index (κ2) is 38.2. The van der Waals surface area contributed by atoms with Gasteiger partial charge in [-0.25, -0.2) is 17.6 Å². The quantitative estimate of drug-likeness (QED) is 0.0688. The lowest BCUT2D eigenvalue weighted by molar-refractivity contribution is 0.155. The van der Waals surface area contributed by atoms with E-state index >= 15 is 0 Å². The molecule has 8 aliphatic rings. The zero-order valence-corrected chi connectivity index (χ0v) is 57.7. The number of rotatable bonds is 18. The molecular weight excluding hydrogens is 1110 g/mol. The summed E-state index contributed by atoms with van der Waals surface area (Å²) in [6.45, 7) is 9.28. The van der Waals surface area contributed by atoms with Gasteiger partial charge in [0.05, 0.1) is 0 Å². The molecule has 0 spiro atoms. The molecule has 0 bridgehead atoms. The van der Waals surface area contributed by atoms with Crippen molar-refractivity contribution in [1.82, 2.24) is 0 Å². The third-order valence-electron chi connectivity index (χ3n) is 26.1. The predicted molar refractivity (Wildman–Crippen MR) is 375 cm³/mol. The van der Waals surface area contributed by atoms with Crippen LogP contribution >= 0.6 is 0 Å². The minimum Gasteiger partial charge on any atom is -0.207 e. The first-order valence-corrected chi connectivity index (χ1v) is 39.1. The van der Waals surface area contributed by atoms with Gasteiger partial charge in [-0.3, -0.25) is 0 Å². The van der Waals surface area contributed by atoms with E-state index in [0.29, 0.717) is 23.7 Å². The normalized spacial score (nSPS) is 32.4. The molecule has 0 unspecified atom stereocenters. The van der Waals surface area contributed by atoms with Crippen LogP contribution in [0.15, 0.2) is 97.1 Å². The van der Waals surface area contributed by atoms with Crippen molar-refractivity contribution in [2.45, 2.75) is 321 Å². The summed E-state index contributed by atoms with van der Waals surface area (Å²) in [5.74, 6) is 14.2. The van der Waals surface area contributed by atoms with Crippen LogP contribution in [0, 0.1) is 94.3 Å². The topological polar surface area (TPSA) is 0 Å². The number of unbranched alkanes of at least 4 members (excludes halogenated alkanes) is 3. The lowest BCUT2D eigenvalue weighted by atomic mass is 9.68. The van der Waals surface area contributed by atoms with Gasteiger partial charge in [0, 0.05) is 0 Å². The Hall–Kier alpha value is -3.40. The Bertz CT molecular complexity index is 2470. The number of hydrogen-bond donors (Lipinski definition) is 0. The maximum Gasteiger partial charge on any atom is 0.123 e. The van der Waals surface area contributed by atoms with E-state index in [-0.39, 0.29) is 23.3 Å². The minimum absolute atomic E-state index is 0.108. The molecule has 12 rings (SSSR count). The SMILES string of the molecule is CCC1CCC(C2CCC(c3ccc(F)cc3)CC2)CC1.CCCC1CCC(C2CCC(c3ccc(F)cc3)CC2)CC1.CCCCC1CCC(C2CCC(c3ccc(F)cc3)CC2)CC1.CCCCCC1CCC(C2CCC(c3ccc(F)cc3)CC2)CC1. The van der Waals surface area contributed by atoms with Crippen LogP contribution in [0.4, 0.5) is 17.6 Å². The van der Waals surface area contributed by atoms with Crippen molar-refractivity contribution < 1.29 is 17.6 Å². The predicted octanol–water partition coefficient (Wildman–Crippen LogP) is 27.6. The van der Waals surface area contributed by atoms with E-state index in [9.17, 15) is 17.6 Å². The van der Waals surface area contributed by atoms with Gasteiger partial charge in [0.2, 0.25) is 0 Å². The molecule has 0 atom stereocenters. The van der Waals surface area contributed by atoms with Crippen molar-refractivity contribution in [2.75, 3.05) is 0 Å². The Labute approximate surface area is 549 Å². The van der Waals surface area contributed by atoms with Crippen LogP contribution in [0.1, 0.15) is 343 Å². The average molecular weight is 1240 g/mol. The molecule has 0 aromatic heterocycles. The van der Waals surface area contributed by atoms with E-state index in [0.717, 1.165) is 71.0 Å². The van der Waals surface area contributed by atoms with Crippen molar-refractivity contribution in [2.24, 2.45) is 71.0 Å². The van der Waals surface area contributed by atoms with Gasteiger partial charge in [-0.15, -0.1) is 0 Å². The van der Waals surface area contributed by atoms with Gasteiger partial charge in [-0.1, -0.05) is 192 Å². The second-order valence-corrected chi connectivity index (χ2v) is 31.6. The smallest absolute Gasteiger partial charge is 0.123 e. The monoisotopic (exact) mass is 1240 g/mol. The van der Waals surface area contributed by atoms with Crippen LogP contribution in [0.5, 0.6) is 0 Å². The summed E-state index contributed by atoms with van der Waals surface area (Å²) in [6.07, 6.45) is 59.5. The van der Waals surface area contributed by atoms with E-state index in [1.54, 1.807) is 48.5 Å². The average Bonchev–Trinajstić information content (AvgIpc) is 3.66. The molecule has 500 valence electrons. The third kappa shape index (κ3) is 22.4. The highest BCUT2D eigenvalue weighted by Crippen LogP contribution is 2.49. The molecule has 90 heavy (non-hydrogen) atoms. The second-order valence-electron chi connectivity index (χ2n) is 31.6. The molecule has 0 amide bonds. The molecule has 8 saturated carbocycles. The molecule has 0 radical (unpaired) electrons. The summed E-state index contributed by atoms with van der Waals surface area (Å²) in [6, 6.07) is 29.0. The van der Waals surface area contributed by atoms with Crippen molar-refractivity contribution >= 4 is 0 Å². The first kappa shape index (κ1) is 70.9. The van der Waals surface area contributed by atoms with E-state index in [1.807, 2.05) is 48.5 Å². The van der Waals surface area contributed by atoms with Gasteiger partial charge in [0.15, 0.2) is 0 Å². The highest BCUT2D eigenvalue weighted by atomic mass is 19.1. The van der Waals surface area contributed by atoms with Gasteiger partial charge < -0.3 is 0 Å². The molecule has 4 aromatic rings. The van der Waals surface area contributed by atoms with Crippen LogP contribution in [0.3, 0.4) is 0 Å². The van der Waals surface area contributed by atoms with E-state index in [2.05, 4.69) is 27.7 Å². The Morgan fingerprint density at radius 2 is 0.433 bits per heavy atom. The maximum absolute atomic E-state index is 13.1. The first-order chi connectivity index (χ1) is 44.0. The van der Waals surface area contributed by atoms with E-state index < -0.39 is 0 Å². The third-order valence-corrected chi connectivity index (χ3v) is 26.1. The summed E-state index contributed by atoms with van der Waals surface area (Å²) in [5.41, 5.74) is 5.42. The summed E-state index contributed by atoms with van der Waals surface area (Å²) in [5, 5.41) is 0. The van der Waals surface area contributed by atoms with E-state index in [1.165, 1.54) is 292 Å². The molecular formula is C86H128F4. The van der Waals surface area contributed by atoms with Gasteiger partial charge in [0.1, 0.15) is 23.3 Å². The van der Waals surface area contributed by atoms with Crippen LogP contribution in [-0.4, -0.2) is 0 Å². The van der Waals surface area contributed by atoms with Gasteiger partial charge in [0.25, 0.3) is 0 Å². The Kier molecular flexibility index (Phi) is 30.1. The maximum atomic E-state index is 13.1. The Balaban J connectivity index is 0.000000142. The standard InChI is InChI=1S/C23H35F.C22H33F.C21H31F.C20H29F/c1-2-3-4-5-18-6-8-19(9-7-18)20-10-12-21(13-11-20)22-14-16-23(24)17-15-22;1-2-3-4-17-5-7-18(8-6-17)19-9-11-20(12-10-19)21-13-15-22(23)16-14-21;1-2-3-16-4-6-17(7-5-16)18-8-10-19(11-9-18)20-12-14-21(22)15-13-20;1-2-15-3-5-16(6-4-15)17-7-9-18(10-8-17)19-11-13-20(21)14-12-19/h14-21H,2-13H2,1H3;13-20H,2-12H2,1H3;12-19H,2-11H2,1H3;11-18H,2-10H2,1H3. The number of benzene rings is 4. The Morgan fingerprint density at radius 1 is 0.222 bits per heavy atom. The largest absolute Gasteiger partial charge is 0.207 e. The molecule has 4 aromatic carbocycles. The van der Waals surface area contributed by atoms with Gasteiger partial charge >= 0.3 is 0 Å². The fourth-order valence-electron chi connectivity index (χ4n) is 20.1. The summed E-state index contributed by atoms with van der Waals surface area (Å²) >= 11 is 0. The molecule has 4 heteroatoms. The fraction of sp³-hybridized carbons (Fsp3) is 0.721. The van der Waals surface area contributed by atoms with Crippen LogP contribution in [-0.2, 0) is 0 Å². The van der Waals surface area contributed by atoms with Crippen LogP contribution in [0.2, 0.25) is 0 Å². The molecule has 8 fully saturated rings. The van der Waals surface area contributed by atoms with E-state index in [4.69, 9.17) is 0 Å². The molecule has 8 aliphatic carbocycles.